The molecule has 0 aliphatic carbocycles. The molecule has 0 aliphatic rings. The second-order valence-corrected chi connectivity index (χ2v) is 6.10. The minimum Gasteiger partial charge on any atom is -0.310 e. The summed E-state index contributed by atoms with van der Waals surface area (Å²) in [5, 5.41) is 5.10. The first-order chi connectivity index (χ1) is 10.0. The lowest BCUT2D eigenvalue weighted by atomic mass is 10.1. The fourth-order valence-corrected chi connectivity index (χ4v) is 2.92. The SMILES string of the molecule is CCNC(C)c1ccnc(Sc2nc(C)c(C)c(C)n2)c1. The van der Waals surface area contributed by atoms with Gasteiger partial charge in [0.05, 0.1) is 0 Å². The van der Waals surface area contributed by atoms with E-state index in [-0.39, 0.29) is 0 Å². The van der Waals surface area contributed by atoms with Crippen LogP contribution in [-0.4, -0.2) is 21.5 Å². The third-order valence-electron chi connectivity index (χ3n) is 3.58. The lowest BCUT2D eigenvalue weighted by Crippen LogP contribution is -2.17. The largest absolute Gasteiger partial charge is 0.310 e. The summed E-state index contributed by atoms with van der Waals surface area (Å²) in [7, 11) is 0. The summed E-state index contributed by atoms with van der Waals surface area (Å²) in [5.74, 6) is 0. The van der Waals surface area contributed by atoms with E-state index in [1.807, 2.05) is 26.1 Å². The molecule has 0 saturated heterocycles. The smallest absolute Gasteiger partial charge is 0.194 e. The van der Waals surface area contributed by atoms with Crippen LogP contribution in [0.3, 0.4) is 0 Å². The van der Waals surface area contributed by atoms with E-state index in [0.29, 0.717) is 6.04 Å². The molecule has 4 nitrogen and oxygen atoms in total. The van der Waals surface area contributed by atoms with E-state index in [0.717, 1.165) is 33.7 Å². The van der Waals surface area contributed by atoms with Gasteiger partial charge in [0.2, 0.25) is 0 Å². The quantitative estimate of drug-likeness (QED) is 0.855. The standard InChI is InChI=1S/C16H22N4S/c1-6-17-13(5)14-7-8-18-15(9-14)21-16-19-11(3)10(2)12(4)20-16/h7-9,13,17H,6H2,1-5H3. The Hall–Kier alpha value is -1.46. The summed E-state index contributed by atoms with van der Waals surface area (Å²) in [6.45, 7) is 11.3. The molecule has 2 heterocycles. The van der Waals surface area contributed by atoms with E-state index in [2.05, 4.69) is 47.1 Å². The van der Waals surface area contributed by atoms with Crippen molar-refractivity contribution in [3.05, 3.63) is 40.8 Å². The summed E-state index contributed by atoms with van der Waals surface area (Å²) in [5.41, 5.74) is 4.45. The average Bonchev–Trinajstić information content (AvgIpc) is 2.45. The van der Waals surface area contributed by atoms with E-state index in [1.165, 1.54) is 17.3 Å². The van der Waals surface area contributed by atoms with Crippen LogP contribution >= 0.6 is 11.8 Å². The van der Waals surface area contributed by atoms with Crippen molar-refractivity contribution in [3.8, 4) is 0 Å². The summed E-state index contributed by atoms with van der Waals surface area (Å²) in [6, 6.07) is 4.47. The van der Waals surface area contributed by atoms with E-state index in [9.17, 15) is 0 Å². The summed E-state index contributed by atoms with van der Waals surface area (Å²) < 4.78 is 0. The van der Waals surface area contributed by atoms with Crippen molar-refractivity contribution in [1.29, 1.82) is 0 Å². The molecule has 1 unspecified atom stereocenters. The fraction of sp³-hybridized carbons (Fsp3) is 0.438. The van der Waals surface area contributed by atoms with Crippen molar-refractivity contribution in [1.82, 2.24) is 20.3 Å². The Morgan fingerprint density at radius 3 is 2.48 bits per heavy atom. The minimum absolute atomic E-state index is 0.319. The summed E-state index contributed by atoms with van der Waals surface area (Å²) >= 11 is 1.51. The van der Waals surface area contributed by atoms with Crippen LogP contribution in [0.5, 0.6) is 0 Å². The van der Waals surface area contributed by atoms with Gasteiger partial charge in [-0.1, -0.05) is 6.92 Å². The number of nitrogens with zero attached hydrogens (tertiary/aromatic N) is 3. The molecule has 112 valence electrons. The predicted molar refractivity (Wildman–Crippen MR) is 86.7 cm³/mol. The second-order valence-electron chi connectivity index (χ2n) is 5.11. The van der Waals surface area contributed by atoms with Crippen LogP contribution in [0.15, 0.2) is 28.5 Å². The van der Waals surface area contributed by atoms with Crippen molar-refractivity contribution in [2.24, 2.45) is 0 Å². The van der Waals surface area contributed by atoms with Gasteiger partial charge in [-0.25, -0.2) is 15.0 Å². The zero-order chi connectivity index (χ0) is 15.4. The van der Waals surface area contributed by atoms with Gasteiger partial charge in [-0.15, -0.1) is 0 Å². The number of pyridine rings is 1. The fourth-order valence-electron chi connectivity index (χ4n) is 2.05. The number of hydrogen-bond donors (Lipinski definition) is 1. The van der Waals surface area contributed by atoms with Crippen molar-refractivity contribution < 1.29 is 0 Å². The van der Waals surface area contributed by atoms with Crippen LogP contribution in [0.2, 0.25) is 0 Å². The summed E-state index contributed by atoms with van der Waals surface area (Å²) in [6.07, 6.45) is 1.85. The molecule has 0 fully saturated rings. The zero-order valence-electron chi connectivity index (χ0n) is 13.3. The average molecular weight is 302 g/mol. The maximum Gasteiger partial charge on any atom is 0.194 e. The molecule has 0 bridgehead atoms. The molecule has 5 heteroatoms. The number of aryl methyl sites for hydroxylation is 2. The van der Waals surface area contributed by atoms with Crippen LogP contribution in [-0.2, 0) is 0 Å². The van der Waals surface area contributed by atoms with Gasteiger partial charge in [0, 0.05) is 23.6 Å². The number of rotatable bonds is 5. The molecule has 2 aromatic heterocycles. The van der Waals surface area contributed by atoms with Gasteiger partial charge in [0.1, 0.15) is 5.03 Å². The normalized spacial score (nSPS) is 12.4. The molecule has 1 N–H and O–H groups in total. The maximum atomic E-state index is 4.54. The highest BCUT2D eigenvalue weighted by Gasteiger charge is 2.09. The topological polar surface area (TPSA) is 50.7 Å². The molecule has 0 aliphatic heterocycles. The highest BCUT2D eigenvalue weighted by Crippen LogP contribution is 2.26. The van der Waals surface area contributed by atoms with E-state index in [1.54, 1.807) is 0 Å². The Kier molecular flexibility index (Phi) is 5.31. The molecule has 0 radical (unpaired) electrons. The van der Waals surface area contributed by atoms with Gasteiger partial charge in [0.15, 0.2) is 5.16 Å². The molecule has 0 saturated carbocycles. The van der Waals surface area contributed by atoms with Crippen molar-refractivity contribution in [2.45, 2.75) is 50.8 Å². The van der Waals surface area contributed by atoms with Crippen molar-refractivity contribution in [3.63, 3.8) is 0 Å². The lowest BCUT2D eigenvalue weighted by Gasteiger charge is -2.13. The first-order valence-electron chi connectivity index (χ1n) is 7.20. The van der Waals surface area contributed by atoms with E-state index >= 15 is 0 Å². The molecule has 0 aromatic carbocycles. The van der Waals surface area contributed by atoms with Crippen LogP contribution in [0.1, 0.15) is 42.4 Å². The highest BCUT2D eigenvalue weighted by atomic mass is 32.2. The molecule has 0 amide bonds. The zero-order valence-corrected chi connectivity index (χ0v) is 14.1. The molecule has 0 spiro atoms. The Bertz CT molecular complexity index is 604. The Morgan fingerprint density at radius 2 is 1.86 bits per heavy atom. The van der Waals surface area contributed by atoms with Crippen LogP contribution < -0.4 is 5.32 Å². The van der Waals surface area contributed by atoms with Crippen molar-refractivity contribution in [2.75, 3.05) is 6.54 Å². The predicted octanol–water partition coefficient (Wildman–Crippen LogP) is 3.62. The minimum atomic E-state index is 0.319. The van der Waals surface area contributed by atoms with E-state index in [4.69, 9.17) is 0 Å². The Morgan fingerprint density at radius 1 is 1.19 bits per heavy atom. The van der Waals surface area contributed by atoms with Crippen LogP contribution in [0, 0.1) is 20.8 Å². The first-order valence-corrected chi connectivity index (χ1v) is 8.02. The molecular weight excluding hydrogens is 280 g/mol. The maximum absolute atomic E-state index is 4.54. The molecular formula is C16H22N4S. The molecule has 2 rings (SSSR count). The van der Waals surface area contributed by atoms with Crippen LogP contribution in [0.25, 0.3) is 0 Å². The Labute approximate surface area is 130 Å². The van der Waals surface area contributed by atoms with E-state index < -0.39 is 0 Å². The highest BCUT2D eigenvalue weighted by molar-refractivity contribution is 7.99. The molecule has 21 heavy (non-hydrogen) atoms. The van der Waals surface area contributed by atoms with Gasteiger partial charge >= 0.3 is 0 Å². The van der Waals surface area contributed by atoms with Crippen molar-refractivity contribution >= 4 is 11.8 Å². The lowest BCUT2D eigenvalue weighted by molar-refractivity contribution is 0.596. The number of nitrogens with one attached hydrogen (secondary N) is 1. The monoisotopic (exact) mass is 302 g/mol. The van der Waals surface area contributed by atoms with Gasteiger partial charge in [-0.05, 0) is 69.3 Å². The van der Waals surface area contributed by atoms with Gasteiger partial charge in [-0.2, -0.15) is 0 Å². The number of hydrogen-bond acceptors (Lipinski definition) is 5. The third kappa shape index (κ3) is 4.02. The number of aromatic nitrogens is 3. The van der Waals surface area contributed by atoms with Gasteiger partial charge in [-0.3, -0.25) is 0 Å². The first kappa shape index (κ1) is 15.9. The molecule has 2 aromatic rings. The third-order valence-corrected chi connectivity index (χ3v) is 4.37. The Balaban J connectivity index is 2.22. The second kappa shape index (κ2) is 7.00. The molecule has 1 atom stereocenters. The van der Waals surface area contributed by atoms with Gasteiger partial charge < -0.3 is 5.32 Å². The summed E-state index contributed by atoms with van der Waals surface area (Å²) in [4.78, 5) is 13.5. The van der Waals surface area contributed by atoms with Gasteiger partial charge in [0.25, 0.3) is 0 Å². The van der Waals surface area contributed by atoms with Crippen LogP contribution in [0.4, 0.5) is 0 Å².